The van der Waals surface area contributed by atoms with Crippen LogP contribution in [0, 0.1) is 17.8 Å². The number of likely N-dealkylation sites (tertiary alicyclic amines) is 2. The lowest BCUT2D eigenvalue weighted by Gasteiger charge is -2.42. The minimum atomic E-state index is -0.868. The molecular formula is C16H28N2O3. The van der Waals surface area contributed by atoms with E-state index < -0.39 is 12.0 Å². The summed E-state index contributed by atoms with van der Waals surface area (Å²) in [6, 6.07) is -0.731. The van der Waals surface area contributed by atoms with Gasteiger partial charge in [0.25, 0.3) is 0 Å². The van der Waals surface area contributed by atoms with Crippen molar-refractivity contribution in [1.29, 1.82) is 0 Å². The van der Waals surface area contributed by atoms with Gasteiger partial charge in [-0.25, -0.2) is 9.59 Å². The molecule has 1 N–H and O–H groups in total. The summed E-state index contributed by atoms with van der Waals surface area (Å²) in [5.41, 5.74) is 0. The average molecular weight is 296 g/mol. The Bertz CT molecular complexity index is 389. The Morgan fingerprint density at radius 2 is 1.71 bits per heavy atom. The average Bonchev–Trinajstić information content (AvgIpc) is 2.46. The molecule has 5 heteroatoms. The van der Waals surface area contributed by atoms with Gasteiger partial charge in [-0.05, 0) is 43.4 Å². The first-order chi connectivity index (χ1) is 9.91. The van der Waals surface area contributed by atoms with Gasteiger partial charge in [0.05, 0.1) is 0 Å². The van der Waals surface area contributed by atoms with E-state index in [0.717, 1.165) is 38.8 Å². The van der Waals surface area contributed by atoms with E-state index in [4.69, 9.17) is 0 Å². The summed E-state index contributed by atoms with van der Waals surface area (Å²) in [4.78, 5) is 27.6. The normalized spacial score (nSPS) is 28.0. The molecule has 2 fully saturated rings. The summed E-state index contributed by atoms with van der Waals surface area (Å²) >= 11 is 0. The van der Waals surface area contributed by atoms with Gasteiger partial charge in [0.2, 0.25) is 0 Å². The second-order valence-electron chi connectivity index (χ2n) is 6.95. The van der Waals surface area contributed by atoms with Crippen LogP contribution in [0.3, 0.4) is 0 Å². The van der Waals surface area contributed by atoms with Gasteiger partial charge in [0.1, 0.15) is 6.04 Å². The molecular weight excluding hydrogens is 268 g/mol. The summed E-state index contributed by atoms with van der Waals surface area (Å²) in [5.74, 6) is 0.509. The topological polar surface area (TPSA) is 60.9 Å². The van der Waals surface area contributed by atoms with Gasteiger partial charge in [-0.2, -0.15) is 0 Å². The molecule has 2 unspecified atom stereocenters. The minimum Gasteiger partial charge on any atom is -0.480 e. The number of nitrogens with zero attached hydrogens (tertiary/aromatic N) is 2. The molecule has 0 aromatic rings. The maximum Gasteiger partial charge on any atom is 0.326 e. The van der Waals surface area contributed by atoms with Crippen LogP contribution in [0.4, 0.5) is 4.79 Å². The fourth-order valence-corrected chi connectivity index (χ4v) is 3.72. The summed E-state index contributed by atoms with van der Waals surface area (Å²) in [6.45, 7) is 8.50. The van der Waals surface area contributed by atoms with Gasteiger partial charge in [0, 0.05) is 19.6 Å². The number of piperidine rings is 2. The Morgan fingerprint density at radius 3 is 2.24 bits per heavy atom. The lowest BCUT2D eigenvalue weighted by Crippen LogP contribution is -2.57. The SMILES string of the molecule is CC(C)C1CCN(C(=O)N2CCCC(C)C2C(=O)O)CC1. The van der Waals surface area contributed by atoms with Gasteiger partial charge in [-0.15, -0.1) is 0 Å². The Morgan fingerprint density at radius 1 is 1.10 bits per heavy atom. The summed E-state index contributed by atoms with van der Waals surface area (Å²) < 4.78 is 0. The van der Waals surface area contributed by atoms with Gasteiger partial charge < -0.3 is 14.9 Å². The number of amides is 2. The van der Waals surface area contributed by atoms with Crippen molar-refractivity contribution in [2.45, 2.75) is 52.5 Å². The highest BCUT2D eigenvalue weighted by molar-refractivity contribution is 5.83. The molecule has 2 aliphatic rings. The molecule has 2 atom stereocenters. The van der Waals surface area contributed by atoms with Crippen LogP contribution in [0.15, 0.2) is 0 Å². The predicted molar refractivity (Wildman–Crippen MR) is 81.1 cm³/mol. The first-order valence-electron chi connectivity index (χ1n) is 8.20. The summed E-state index contributed by atoms with van der Waals surface area (Å²) in [7, 11) is 0. The molecule has 0 aliphatic carbocycles. The van der Waals surface area contributed by atoms with Crippen LogP contribution in [0.1, 0.15) is 46.5 Å². The fourth-order valence-electron chi connectivity index (χ4n) is 3.72. The second kappa shape index (κ2) is 6.67. The summed E-state index contributed by atoms with van der Waals surface area (Å²) in [5, 5.41) is 9.43. The molecule has 120 valence electrons. The van der Waals surface area contributed by atoms with Crippen molar-refractivity contribution in [3.05, 3.63) is 0 Å². The molecule has 0 aromatic heterocycles. The zero-order valence-electron chi connectivity index (χ0n) is 13.4. The number of carbonyl (C=O) groups excluding carboxylic acids is 1. The Hall–Kier alpha value is -1.26. The van der Waals surface area contributed by atoms with Crippen LogP contribution < -0.4 is 0 Å². The van der Waals surface area contributed by atoms with E-state index in [1.54, 1.807) is 4.90 Å². The van der Waals surface area contributed by atoms with Crippen LogP contribution in [-0.2, 0) is 4.79 Å². The van der Waals surface area contributed by atoms with Crippen LogP contribution in [-0.4, -0.2) is 52.6 Å². The number of aliphatic carboxylic acids is 1. The Balaban J connectivity index is 2.00. The highest BCUT2D eigenvalue weighted by Gasteiger charge is 2.39. The third-order valence-corrected chi connectivity index (χ3v) is 5.18. The predicted octanol–water partition coefficient (Wildman–Crippen LogP) is 2.66. The molecule has 0 spiro atoms. The van der Waals surface area contributed by atoms with Crippen molar-refractivity contribution >= 4 is 12.0 Å². The van der Waals surface area contributed by atoms with E-state index >= 15 is 0 Å². The molecule has 2 amide bonds. The molecule has 0 saturated carbocycles. The second-order valence-corrected chi connectivity index (χ2v) is 6.95. The maximum absolute atomic E-state index is 12.7. The number of carboxylic acids is 1. The molecule has 0 aromatic carbocycles. The fraction of sp³-hybridized carbons (Fsp3) is 0.875. The number of carbonyl (C=O) groups is 2. The quantitative estimate of drug-likeness (QED) is 0.852. The van der Waals surface area contributed by atoms with Crippen molar-refractivity contribution in [3.8, 4) is 0 Å². The van der Waals surface area contributed by atoms with Gasteiger partial charge in [-0.3, -0.25) is 0 Å². The maximum atomic E-state index is 12.7. The van der Waals surface area contributed by atoms with E-state index in [1.165, 1.54) is 0 Å². The number of urea groups is 1. The lowest BCUT2D eigenvalue weighted by molar-refractivity contribution is -0.145. The smallest absolute Gasteiger partial charge is 0.326 e. The van der Waals surface area contributed by atoms with E-state index in [1.807, 2.05) is 11.8 Å². The van der Waals surface area contributed by atoms with E-state index in [0.29, 0.717) is 18.4 Å². The molecule has 2 aliphatic heterocycles. The third kappa shape index (κ3) is 3.50. The number of hydrogen-bond donors (Lipinski definition) is 1. The van der Waals surface area contributed by atoms with Crippen LogP contribution >= 0.6 is 0 Å². The van der Waals surface area contributed by atoms with E-state index in [-0.39, 0.29) is 11.9 Å². The molecule has 5 nitrogen and oxygen atoms in total. The zero-order valence-corrected chi connectivity index (χ0v) is 13.4. The molecule has 21 heavy (non-hydrogen) atoms. The van der Waals surface area contributed by atoms with E-state index in [2.05, 4.69) is 13.8 Å². The van der Waals surface area contributed by atoms with Crippen LogP contribution in [0.2, 0.25) is 0 Å². The molecule has 0 radical (unpaired) electrons. The van der Waals surface area contributed by atoms with Crippen molar-refractivity contribution in [1.82, 2.24) is 9.80 Å². The van der Waals surface area contributed by atoms with Crippen LogP contribution in [0.5, 0.6) is 0 Å². The highest BCUT2D eigenvalue weighted by atomic mass is 16.4. The molecule has 2 saturated heterocycles. The molecule has 0 bridgehead atoms. The number of carboxylic acid groups (broad SMARTS) is 1. The van der Waals surface area contributed by atoms with Gasteiger partial charge >= 0.3 is 12.0 Å². The number of hydrogen-bond acceptors (Lipinski definition) is 2. The number of rotatable bonds is 2. The van der Waals surface area contributed by atoms with Crippen molar-refractivity contribution in [3.63, 3.8) is 0 Å². The van der Waals surface area contributed by atoms with Gasteiger partial charge in [0.15, 0.2) is 0 Å². The molecule has 2 rings (SSSR count). The Kier molecular flexibility index (Phi) is 5.12. The zero-order chi connectivity index (χ0) is 15.6. The first-order valence-corrected chi connectivity index (χ1v) is 8.20. The Labute approximate surface area is 127 Å². The van der Waals surface area contributed by atoms with Crippen molar-refractivity contribution in [2.75, 3.05) is 19.6 Å². The van der Waals surface area contributed by atoms with E-state index in [9.17, 15) is 14.7 Å². The van der Waals surface area contributed by atoms with Crippen molar-refractivity contribution < 1.29 is 14.7 Å². The van der Waals surface area contributed by atoms with Crippen LogP contribution in [0.25, 0.3) is 0 Å². The monoisotopic (exact) mass is 296 g/mol. The third-order valence-electron chi connectivity index (χ3n) is 5.18. The lowest BCUT2D eigenvalue weighted by atomic mass is 9.86. The van der Waals surface area contributed by atoms with Gasteiger partial charge in [-0.1, -0.05) is 20.8 Å². The van der Waals surface area contributed by atoms with Crippen molar-refractivity contribution in [2.24, 2.45) is 17.8 Å². The molecule has 2 heterocycles. The standard InChI is InChI=1S/C16H28N2O3/c1-11(2)13-6-9-17(10-7-13)16(21)18-8-4-5-12(3)14(18)15(19)20/h11-14H,4-10H2,1-3H3,(H,19,20). The summed E-state index contributed by atoms with van der Waals surface area (Å²) in [6.07, 6.45) is 3.85. The highest BCUT2D eigenvalue weighted by Crippen LogP contribution is 2.28. The first kappa shape index (κ1) is 16.1. The minimum absolute atomic E-state index is 0.0356. The largest absolute Gasteiger partial charge is 0.480 e.